The average Bonchev–Trinajstić information content (AvgIpc) is 3.10. The number of carbonyl (C=O) groups excluding carboxylic acids is 1. The summed E-state index contributed by atoms with van der Waals surface area (Å²) in [6.07, 6.45) is 8.24. The molecule has 6 N–H and O–H groups in total. The van der Waals surface area contributed by atoms with Crippen LogP contribution in [0.15, 0.2) is 71.0 Å². The number of aliphatic hydroxyl groups is 1. The van der Waals surface area contributed by atoms with Crippen LogP contribution in [0.1, 0.15) is 76.5 Å². The first-order valence-corrected chi connectivity index (χ1v) is 17.0. The first kappa shape index (κ1) is 32.4. The van der Waals surface area contributed by atoms with Gasteiger partial charge in [-0.25, -0.2) is 10.0 Å². The SMILES string of the molecule is C[C@H](COC(=O)C1CCC([NH3+])CC1)N1C=NC2=C(CN(C(O)c3ccc(-c4ccccc4)cc3)CC2)[NH+]1C1CCC(C(=O)O)CC1. The molecule has 2 saturated carbocycles. The molecule has 2 aliphatic carbocycles. The van der Waals surface area contributed by atoms with Gasteiger partial charge in [0.25, 0.3) is 0 Å². The maximum atomic E-state index is 13.0. The van der Waals surface area contributed by atoms with E-state index in [-0.39, 0.29) is 36.5 Å². The molecule has 46 heavy (non-hydrogen) atoms. The number of carboxylic acids is 1. The third kappa shape index (κ3) is 7.20. The Morgan fingerprint density at radius 3 is 2.28 bits per heavy atom. The van der Waals surface area contributed by atoms with Crippen molar-refractivity contribution >= 4 is 18.3 Å². The van der Waals surface area contributed by atoms with Crippen molar-refractivity contribution in [3.05, 3.63) is 71.6 Å². The Bertz CT molecular complexity index is 1410. The van der Waals surface area contributed by atoms with Crippen molar-refractivity contribution in [2.45, 2.75) is 89.1 Å². The van der Waals surface area contributed by atoms with Crippen LogP contribution < -0.4 is 10.7 Å². The highest BCUT2D eigenvalue weighted by molar-refractivity contribution is 5.72. The van der Waals surface area contributed by atoms with Crippen LogP contribution in [0.3, 0.4) is 0 Å². The minimum Gasteiger partial charge on any atom is -0.481 e. The standard InChI is InChI=1S/C36H47N5O5/c1-24(22-46-36(45)29-11-15-30(37)16-12-29)40-23-38-32-19-20-39(21-33(32)41(40)31-17-13-28(14-18-31)35(43)44)34(42)27-9-7-26(8-10-27)25-5-3-2-4-6-25/h2-10,23-24,28-31,34,42H,11-22,37H2,1H3,(H,43,44)/p+2/t24-,28?,29?,30?,31?,34?/m1/s1. The third-order valence-corrected chi connectivity index (χ3v) is 10.5. The zero-order valence-electron chi connectivity index (χ0n) is 26.9. The summed E-state index contributed by atoms with van der Waals surface area (Å²) in [7, 11) is 0. The second kappa shape index (κ2) is 14.5. The van der Waals surface area contributed by atoms with E-state index in [2.05, 4.69) is 46.8 Å². The van der Waals surface area contributed by atoms with Gasteiger partial charge in [0.15, 0.2) is 5.70 Å². The van der Waals surface area contributed by atoms with Crippen LogP contribution in [-0.2, 0) is 14.3 Å². The van der Waals surface area contributed by atoms with Gasteiger partial charge >= 0.3 is 11.9 Å². The summed E-state index contributed by atoms with van der Waals surface area (Å²) >= 11 is 0. The Morgan fingerprint density at radius 2 is 1.61 bits per heavy atom. The number of esters is 1. The number of carboxylic acid groups (broad SMARTS) is 1. The quantitative estimate of drug-likeness (QED) is 0.313. The van der Waals surface area contributed by atoms with Crippen molar-refractivity contribution in [2.24, 2.45) is 16.8 Å². The highest BCUT2D eigenvalue weighted by Gasteiger charge is 2.44. The first-order valence-electron chi connectivity index (χ1n) is 17.0. The van der Waals surface area contributed by atoms with Crippen molar-refractivity contribution < 1.29 is 35.3 Å². The number of carbonyl (C=O) groups is 2. The maximum absolute atomic E-state index is 13.0. The Labute approximate surface area is 271 Å². The number of nitrogens with one attached hydrogen (secondary N) is 1. The Morgan fingerprint density at radius 1 is 0.957 bits per heavy atom. The van der Waals surface area contributed by atoms with Gasteiger partial charge in [-0.3, -0.25) is 14.5 Å². The summed E-state index contributed by atoms with van der Waals surface area (Å²) in [6.45, 7) is 3.54. The molecule has 0 bridgehead atoms. The number of ether oxygens (including phenoxy) is 1. The fourth-order valence-electron chi connectivity index (χ4n) is 7.61. The van der Waals surface area contributed by atoms with Crippen molar-refractivity contribution in [3.8, 4) is 11.1 Å². The maximum Gasteiger partial charge on any atom is 0.309 e. The van der Waals surface area contributed by atoms with E-state index in [1.165, 1.54) is 0 Å². The lowest BCUT2D eigenvalue weighted by molar-refractivity contribution is -0.996. The normalized spacial score (nSPS) is 28.3. The van der Waals surface area contributed by atoms with Gasteiger partial charge in [0.2, 0.25) is 0 Å². The van der Waals surface area contributed by atoms with Crippen LogP contribution in [0.2, 0.25) is 0 Å². The van der Waals surface area contributed by atoms with E-state index in [9.17, 15) is 19.8 Å². The van der Waals surface area contributed by atoms with E-state index in [0.717, 1.165) is 71.6 Å². The number of aliphatic imine (C=N–C) groups is 1. The number of hydrogen-bond acceptors (Lipinski definition) is 7. The fraction of sp³-hybridized carbons (Fsp3) is 0.528. The molecule has 4 aliphatic rings. The molecule has 0 amide bonds. The molecule has 2 unspecified atom stereocenters. The molecule has 10 heteroatoms. The van der Waals surface area contributed by atoms with Crippen LogP contribution in [0.5, 0.6) is 0 Å². The molecule has 0 radical (unpaired) electrons. The number of aliphatic hydroxyl groups excluding tert-OH is 1. The van der Waals surface area contributed by atoms with Gasteiger partial charge in [0.05, 0.1) is 24.4 Å². The van der Waals surface area contributed by atoms with E-state index in [1.807, 2.05) is 36.7 Å². The second-order valence-corrected chi connectivity index (χ2v) is 13.6. The molecular weight excluding hydrogens is 582 g/mol. The topological polar surface area (TPSA) is 135 Å². The number of nitrogens with zero attached hydrogens (tertiary/aromatic N) is 3. The van der Waals surface area contributed by atoms with Crippen LogP contribution in [0.25, 0.3) is 11.1 Å². The van der Waals surface area contributed by atoms with Crippen LogP contribution in [0.4, 0.5) is 0 Å². The van der Waals surface area contributed by atoms with Crippen molar-refractivity contribution in [1.82, 2.24) is 9.91 Å². The molecule has 3 atom stereocenters. The minimum atomic E-state index is -0.769. The summed E-state index contributed by atoms with van der Waals surface area (Å²) in [5.41, 5.74) is 9.37. The Balaban J connectivity index is 1.17. The van der Waals surface area contributed by atoms with E-state index < -0.39 is 12.2 Å². The molecule has 2 fully saturated rings. The predicted molar refractivity (Wildman–Crippen MR) is 174 cm³/mol. The third-order valence-electron chi connectivity index (χ3n) is 10.5. The van der Waals surface area contributed by atoms with Crippen LogP contribution in [-0.4, -0.2) is 76.2 Å². The van der Waals surface area contributed by atoms with Gasteiger partial charge in [0.1, 0.15) is 37.0 Å². The summed E-state index contributed by atoms with van der Waals surface area (Å²) in [5.74, 6) is -1.21. The first-order chi connectivity index (χ1) is 22.3. The molecule has 0 saturated heterocycles. The fourth-order valence-corrected chi connectivity index (χ4v) is 7.61. The Hall–Kier alpha value is -3.57. The monoisotopic (exact) mass is 631 g/mol. The lowest BCUT2D eigenvalue weighted by Crippen LogP contribution is -3.22. The molecule has 6 rings (SSSR count). The number of rotatable bonds is 9. The van der Waals surface area contributed by atoms with Gasteiger partial charge in [-0.05, 0) is 49.3 Å². The van der Waals surface area contributed by atoms with E-state index in [0.29, 0.717) is 38.4 Å². The molecule has 10 nitrogen and oxygen atoms in total. The van der Waals surface area contributed by atoms with Gasteiger partial charge in [-0.15, -0.1) is 0 Å². The van der Waals surface area contributed by atoms with Gasteiger partial charge in [-0.1, -0.05) is 54.6 Å². The predicted octanol–water partition coefficient (Wildman–Crippen LogP) is 2.78. The van der Waals surface area contributed by atoms with Gasteiger partial charge in [-0.2, -0.15) is 5.01 Å². The molecule has 0 spiro atoms. The highest BCUT2D eigenvalue weighted by atomic mass is 16.5. The zero-order valence-corrected chi connectivity index (χ0v) is 26.9. The van der Waals surface area contributed by atoms with Crippen molar-refractivity contribution in [3.63, 3.8) is 0 Å². The van der Waals surface area contributed by atoms with Crippen LogP contribution in [0, 0.1) is 11.8 Å². The van der Waals surface area contributed by atoms with Gasteiger partial charge in [0, 0.05) is 38.6 Å². The molecule has 2 aromatic rings. The molecule has 246 valence electrons. The minimum absolute atomic E-state index is 0.0561. The van der Waals surface area contributed by atoms with Crippen molar-refractivity contribution in [2.75, 3.05) is 19.7 Å². The summed E-state index contributed by atoms with van der Waals surface area (Å²) < 4.78 is 5.89. The summed E-state index contributed by atoms with van der Waals surface area (Å²) in [5, 5.41) is 24.5. The average molecular weight is 632 g/mol. The molecule has 2 aromatic carbocycles. The number of aliphatic carboxylic acids is 1. The smallest absolute Gasteiger partial charge is 0.309 e. The van der Waals surface area contributed by atoms with Crippen molar-refractivity contribution in [1.29, 1.82) is 0 Å². The lowest BCUT2D eigenvalue weighted by atomic mass is 9.85. The largest absolute Gasteiger partial charge is 0.481 e. The Kier molecular flexibility index (Phi) is 10.2. The van der Waals surface area contributed by atoms with E-state index in [4.69, 9.17) is 9.73 Å². The molecule has 0 aromatic heterocycles. The molecule has 2 heterocycles. The summed E-state index contributed by atoms with van der Waals surface area (Å²) in [6, 6.07) is 18.8. The molecule has 2 aliphatic heterocycles. The van der Waals surface area contributed by atoms with E-state index in [1.54, 1.807) is 0 Å². The summed E-state index contributed by atoms with van der Waals surface area (Å²) in [4.78, 5) is 31.7. The molecular formula is C36H49N5O5+2. The van der Waals surface area contributed by atoms with E-state index >= 15 is 0 Å². The number of quaternary nitrogens is 2. The lowest BCUT2D eigenvalue weighted by Gasteiger charge is -2.45. The van der Waals surface area contributed by atoms with Gasteiger partial charge < -0.3 is 20.7 Å². The zero-order chi connectivity index (χ0) is 32.2. The second-order valence-electron chi connectivity index (χ2n) is 13.6. The highest BCUT2D eigenvalue weighted by Crippen LogP contribution is 2.30. The van der Waals surface area contributed by atoms with Crippen LogP contribution >= 0.6 is 0 Å². The number of benzene rings is 2. The number of hydrogen-bond donors (Lipinski definition) is 4.